The van der Waals surface area contributed by atoms with Crippen LogP contribution in [0.3, 0.4) is 0 Å². The number of fused-ring (bicyclic) bond motifs is 1. The zero-order chi connectivity index (χ0) is 20.1. The second-order valence-electron chi connectivity index (χ2n) is 6.66. The van der Waals surface area contributed by atoms with E-state index in [-0.39, 0.29) is 24.5 Å². The molecule has 3 N–H and O–H groups in total. The van der Waals surface area contributed by atoms with E-state index in [0.717, 1.165) is 10.5 Å². The molecule has 1 unspecified atom stereocenters. The first-order valence-electron chi connectivity index (χ1n) is 8.96. The molecular weight excluding hydrogens is 394 g/mol. The number of nitrogens with zero attached hydrogens (tertiary/aromatic N) is 3. The summed E-state index contributed by atoms with van der Waals surface area (Å²) in [7, 11) is 0. The number of aromatic nitrogens is 3. The fraction of sp³-hybridized carbons (Fsp3) is 0.368. The standard InChI is InChI=1S/C19H23N5O2S2/c1-11(2)14(9-25)21-16-15-17(24-19(28-15)20-12(3)26)23-18(22-16)27-10-13-7-5-4-6-8-13/h4-8,11,14,25H,9-10H2,1-3H3,(H2,20,21,22,23,24,26). The molecule has 28 heavy (non-hydrogen) atoms. The van der Waals surface area contributed by atoms with E-state index in [2.05, 4.69) is 37.7 Å². The summed E-state index contributed by atoms with van der Waals surface area (Å²) >= 11 is 2.84. The highest BCUT2D eigenvalue weighted by atomic mass is 32.2. The minimum atomic E-state index is -0.185. The van der Waals surface area contributed by atoms with Crippen LogP contribution in [-0.4, -0.2) is 38.6 Å². The van der Waals surface area contributed by atoms with Gasteiger partial charge in [-0.2, -0.15) is 4.98 Å². The number of hydrogen-bond donors (Lipinski definition) is 3. The second kappa shape index (κ2) is 9.31. The van der Waals surface area contributed by atoms with Crippen molar-refractivity contribution < 1.29 is 9.90 Å². The van der Waals surface area contributed by atoms with Crippen LogP contribution in [0.15, 0.2) is 35.5 Å². The Bertz CT molecular complexity index is 946. The van der Waals surface area contributed by atoms with Crippen LogP contribution >= 0.6 is 23.1 Å². The van der Waals surface area contributed by atoms with Crippen LogP contribution < -0.4 is 10.6 Å². The number of nitrogens with one attached hydrogen (secondary N) is 2. The molecule has 0 spiro atoms. The van der Waals surface area contributed by atoms with E-state index < -0.39 is 0 Å². The predicted octanol–water partition coefficient (Wildman–Crippen LogP) is 3.77. The normalized spacial score (nSPS) is 12.3. The highest BCUT2D eigenvalue weighted by Gasteiger charge is 2.19. The molecule has 1 amide bonds. The topological polar surface area (TPSA) is 100 Å². The maximum atomic E-state index is 11.4. The van der Waals surface area contributed by atoms with E-state index in [1.165, 1.54) is 35.6 Å². The number of thioether (sulfide) groups is 1. The summed E-state index contributed by atoms with van der Waals surface area (Å²) < 4.78 is 0.756. The molecule has 2 heterocycles. The van der Waals surface area contributed by atoms with Gasteiger partial charge in [-0.05, 0) is 11.5 Å². The maximum Gasteiger partial charge on any atom is 0.223 e. The van der Waals surface area contributed by atoms with E-state index in [0.29, 0.717) is 21.8 Å². The Labute approximate surface area is 172 Å². The van der Waals surface area contributed by atoms with Gasteiger partial charge in [-0.25, -0.2) is 9.97 Å². The molecule has 0 aliphatic heterocycles. The molecule has 7 nitrogen and oxygen atoms in total. The Morgan fingerprint density at radius 2 is 1.96 bits per heavy atom. The van der Waals surface area contributed by atoms with Gasteiger partial charge in [0.25, 0.3) is 0 Å². The third-order valence-corrected chi connectivity index (χ3v) is 5.94. The van der Waals surface area contributed by atoms with Crippen molar-refractivity contribution >= 4 is 50.3 Å². The maximum absolute atomic E-state index is 11.4. The van der Waals surface area contributed by atoms with Gasteiger partial charge in [-0.15, -0.1) is 0 Å². The van der Waals surface area contributed by atoms with E-state index in [1.807, 2.05) is 32.0 Å². The molecule has 0 bridgehead atoms. The van der Waals surface area contributed by atoms with E-state index in [4.69, 9.17) is 0 Å². The van der Waals surface area contributed by atoms with Crippen LogP contribution in [0.4, 0.5) is 10.9 Å². The first kappa shape index (κ1) is 20.5. The summed E-state index contributed by atoms with van der Waals surface area (Å²) in [5, 5.41) is 16.8. The van der Waals surface area contributed by atoms with Crippen LogP contribution in [0.5, 0.6) is 0 Å². The Kier molecular flexibility index (Phi) is 6.82. The summed E-state index contributed by atoms with van der Waals surface area (Å²) in [5.41, 5.74) is 1.71. The molecule has 0 radical (unpaired) electrons. The average Bonchev–Trinajstić information content (AvgIpc) is 3.06. The molecule has 148 valence electrons. The second-order valence-corrected chi connectivity index (χ2v) is 8.60. The highest BCUT2D eigenvalue weighted by Crippen LogP contribution is 2.33. The Morgan fingerprint density at radius 3 is 2.61 bits per heavy atom. The predicted molar refractivity (Wildman–Crippen MR) is 115 cm³/mol. The van der Waals surface area contributed by atoms with Crippen molar-refractivity contribution in [3.63, 3.8) is 0 Å². The SMILES string of the molecule is CC(=O)Nc1nc2nc(SCc3ccccc3)nc(NC(CO)C(C)C)c2s1. The number of amides is 1. The molecule has 0 aliphatic carbocycles. The lowest BCUT2D eigenvalue weighted by Gasteiger charge is -2.20. The van der Waals surface area contributed by atoms with Gasteiger partial charge in [0, 0.05) is 12.7 Å². The van der Waals surface area contributed by atoms with Crippen molar-refractivity contribution in [2.45, 2.75) is 37.7 Å². The number of benzene rings is 1. The summed E-state index contributed by atoms with van der Waals surface area (Å²) in [6.07, 6.45) is 0. The smallest absolute Gasteiger partial charge is 0.223 e. The van der Waals surface area contributed by atoms with E-state index in [1.54, 1.807) is 0 Å². The van der Waals surface area contributed by atoms with Crippen molar-refractivity contribution in [3.8, 4) is 0 Å². The summed E-state index contributed by atoms with van der Waals surface area (Å²) in [6, 6.07) is 9.96. The minimum absolute atomic E-state index is 0.00693. The molecule has 9 heteroatoms. The molecule has 0 saturated heterocycles. The quantitative estimate of drug-likeness (QED) is 0.379. The molecule has 0 aliphatic rings. The average molecular weight is 418 g/mol. The van der Waals surface area contributed by atoms with Gasteiger partial charge >= 0.3 is 0 Å². The van der Waals surface area contributed by atoms with Crippen LogP contribution in [0.25, 0.3) is 10.3 Å². The lowest BCUT2D eigenvalue weighted by Crippen LogP contribution is -2.30. The lowest BCUT2D eigenvalue weighted by atomic mass is 10.1. The van der Waals surface area contributed by atoms with Crippen LogP contribution in [0, 0.1) is 5.92 Å². The zero-order valence-corrected chi connectivity index (χ0v) is 17.6. The number of aliphatic hydroxyl groups is 1. The third-order valence-electron chi connectivity index (χ3n) is 4.05. The van der Waals surface area contributed by atoms with Gasteiger partial charge in [0.05, 0.1) is 12.6 Å². The van der Waals surface area contributed by atoms with Gasteiger partial charge in [-0.3, -0.25) is 4.79 Å². The molecule has 0 saturated carbocycles. The van der Waals surface area contributed by atoms with E-state index in [9.17, 15) is 9.90 Å². The monoisotopic (exact) mass is 417 g/mol. The first-order chi connectivity index (χ1) is 13.5. The molecule has 3 rings (SSSR count). The van der Waals surface area contributed by atoms with Crippen molar-refractivity contribution in [2.24, 2.45) is 5.92 Å². The summed E-state index contributed by atoms with van der Waals surface area (Å²) in [6.45, 7) is 5.51. The number of rotatable bonds is 8. The first-order valence-corrected chi connectivity index (χ1v) is 10.8. The molecule has 1 atom stereocenters. The number of thiazole rings is 1. The van der Waals surface area contributed by atoms with Crippen molar-refractivity contribution in [3.05, 3.63) is 35.9 Å². The van der Waals surface area contributed by atoms with Crippen LogP contribution in [0.1, 0.15) is 26.3 Å². The number of aliphatic hydroxyl groups excluding tert-OH is 1. The fourth-order valence-electron chi connectivity index (χ4n) is 2.49. The van der Waals surface area contributed by atoms with E-state index >= 15 is 0 Å². The fourth-order valence-corrected chi connectivity index (χ4v) is 4.19. The molecule has 2 aromatic heterocycles. The number of hydrogen-bond acceptors (Lipinski definition) is 8. The number of carbonyl (C=O) groups is 1. The molecule has 0 fully saturated rings. The zero-order valence-electron chi connectivity index (χ0n) is 16.0. The molecule has 1 aromatic carbocycles. The van der Waals surface area contributed by atoms with Crippen LogP contribution in [0.2, 0.25) is 0 Å². The number of anilines is 2. The Hall–Kier alpha value is -2.23. The molecule has 3 aromatic rings. The third kappa shape index (κ3) is 5.18. The van der Waals surface area contributed by atoms with Crippen molar-refractivity contribution in [1.29, 1.82) is 0 Å². The number of carbonyl (C=O) groups excluding carboxylic acids is 1. The van der Waals surface area contributed by atoms with Crippen LogP contribution in [-0.2, 0) is 10.5 Å². The largest absolute Gasteiger partial charge is 0.394 e. The lowest BCUT2D eigenvalue weighted by molar-refractivity contribution is -0.114. The minimum Gasteiger partial charge on any atom is -0.394 e. The van der Waals surface area contributed by atoms with Gasteiger partial charge in [0.1, 0.15) is 4.70 Å². The van der Waals surface area contributed by atoms with Gasteiger partial charge in [0.15, 0.2) is 21.8 Å². The van der Waals surface area contributed by atoms with Crippen molar-refractivity contribution in [2.75, 3.05) is 17.2 Å². The Morgan fingerprint density at radius 1 is 1.21 bits per heavy atom. The molecular formula is C19H23N5O2S2. The van der Waals surface area contributed by atoms with Gasteiger partial charge in [-0.1, -0.05) is 67.3 Å². The Balaban J connectivity index is 1.93. The van der Waals surface area contributed by atoms with Gasteiger partial charge in [0.2, 0.25) is 5.91 Å². The highest BCUT2D eigenvalue weighted by molar-refractivity contribution is 7.98. The van der Waals surface area contributed by atoms with Crippen molar-refractivity contribution in [1.82, 2.24) is 15.0 Å². The summed E-state index contributed by atoms with van der Waals surface area (Å²) in [5.74, 6) is 1.40. The van der Waals surface area contributed by atoms with Gasteiger partial charge < -0.3 is 15.7 Å². The summed E-state index contributed by atoms with van der Waals surface area (Å²) in [4.78, 5) is 25.0.